The van der Waals surface area contributed by atoms with Gasteiger partial charge in [-0.25, -0.2) is 4.79 Å². The zero-order valence-electron chi connectivity index (χ0n) is 11.4. The van der Waals surface area contributed by atoms with Gasteiger partial charge in [0.1, 0.15) is 5.54 Å². The molecule has 0 aliphatic heterocycles. The number of carbonyl (C=O) groups is 2. The maximum Gasteiger partial charge on any atom is 0.329 e. The average molecular weight is 256 g/mol. The lowest BCUT2D eigenvalue weighted by Gasteiger charge is -2.37. The third-order valence-electron chi connectivity index (χ3n) is 4.10. The van der Waals surface area contributed by atoms with Crippen molar-refractivity contribution < 1.29 is 14.7 Å². The van der Waals surface area contributed by atoms with E-state index in [1.807, 2.05) is 0 Å². The fourth-order valence-corrected chi connectivity index (χ4v) is 2.24. The van der Waals surface area contributed by atoms with Crippen LogP contribution in [0, 0.1) is 11.8 Å². The van der Waals surface area contributed by atoms with Crippen LogP contribution in [0.15, 0.2) is 0 Å². The molecule has 18 heavy (non-hydrogen) atoms. The van der Waals surface area contributed by atoms with E-state index in [-0.39, 0.29) is 17.9 Å². The summed E-state index contributed by atoms with van der Waals surface area (Å²) in [6.07, 6.45) is 2.67. The fraction of sp³-hybridized carbons (Fsp3) is 0.846. The van der Waals surface area contributed by atoms with Gasteiger partial charge in [-0.15, -0.1) is 0 Å². The van der Waals surface area contributed by atoms with Gasteiger partial charge in [0.05, 0.1) is 0 Å². The first kappa shape index (κ1) is 15.0. The smallest absolute Gasteiger partial charge is 0.329 e. The molecule has 1 fully saturated rings. The second-order valence-electron chi connectivity index (χ2n) is 5.71. The zero-order chi connectivity index (χ0) is 13.9. The molecular weight excluding hydrogens is 232 g/mol. The van der Waals surface area contributed by atoms with Gasteiger partial charge in [-0.3, -0.25) is 4.79 Å². The highest BCUT2D eigenvalue weighted by molar-refractivity contribution is 5.88. The molecule has 1 aliphatic rings. The number of amides is 1. The highest BCUT2D eigenvalue weighted by Crippen LogP contribution is 2.32. The number of rotatable bonds is 4. The van der Waals surface area contributed by atoms with Crippen LogP contribution < -0.4 is 11.1 Å². The molecule has 0 aromatic rings. The fourth-order valence-electron chi connectivity index (χ4n) is 2.24. The maximum absolute atomic E-state index is 12.0. The summed E-state index contributed by atoms with van der Waals surface area (Å²) in [6, 6.07) is -0.279. The van der Waals surface area contributed by atoms with Crippen LogP contribution in [-0.4, -0.2) is 28.6 Å². The van der Waals surface area contributed by atoms with Gasteiger partial charge in [0, 0.05) is 12.0 Å². The Morgan fingerprint density at radius 1 is 1.33 bits per heavy atom. The topological polar surface area (TPSA) is 92.4 Å². The molecule has 0 saturated heterocycles. The number of carboxylic acids is 1. The molecule has 1 aliphatic carbocycles. The molecule has 5 heteroatoms. The van der Waals surface area contributed by atoms with Crippen LogP contribution in [0.3, 0.4) is 0 Å². The van der Waals surface area contributed by atoms with Crippen LogP contribution in [0.25, 0.3) is 0 Å². The summed E-state index contributed by atoms with van der Waals surface area (Å²) in [5.74, 6) is -1.04. The number of hydrogen-bond donors (Lipinski definition) is 3. The van der Waals surface area contributed by atoms with Crippen LogP contribution in [-0.2, 0) is 9.59 Å². The van der Waals surface area contributed by atoms with E-state index in [9.17, 15) is 14.7 Å². The molecule has 104 valence electrons. The normalized spacial score (nSPS) is 31.4. The van der Waals surface area contributed by atoms with Crippen LogP contribution in [0.5, 0.6) is 0 Å². The molecule has 1 rings (SSSR count). The van der Waals surface area contributed by atoms with E-state index in [2.05, 4.69) is 12.2 Å². The van der Waals surface area contributed by atoms with Crippen molar-refractivity contribution in [3.8, 4) is 0 Å². The number of carbonyl (C=O) groups excluding carboxylic acids is 1. The summed E-state index contributed by atoms with van der Waals surface area (Å²) in [5, 5.41) is 12.1. The maximum atomic E-state index is 12.0. The number of carboxylic acid groups (broad SMARTS) is 1. The van der Waals surface area contributed by atoms with Crippen LogP contribution in [0.4, 0.5) is 0 Å². The monoisotopic (exact) mass is 256 g/mol. The van der Waals surface area contributed by atoms with Crippen molar-refractivity contribution in [1.82, 2.24) is 5.32 Å². The Labute approximate surface area is 108 Å². The van der Waals surface area contributed by atoms with E-state index < -0.39 is 11.5 Å². The molecule has 0 spiro atoms. The van der Waals surface area contributed by atoms with Crippen molar-refractivity contribution in [2.75, 3.05) is 0 Å². The number of nitrogens with one attached hydrogen (secondary N) is 1. The Bertz CT molecular complexity index is 320. The van der Waals surface area contributed by atoms with Gasteiger partial charge in [0.25, 0.3) is 0 Å². The Balaban J connectivity index is 2.75. The largest absolute Gasteiger partial charge is 0.480 e. The summed E-state index contributed by atoms with van der Waals surface area (Å²) in [6.45, 7) is 5.58. The molecule has 1 amide bonds. The van der Waals surface area contributed by atoms with Crippen molar-refractivity contribution in [2.45, 2.75) is 58.0 Å². The molecule has 4 N–H and O–H groups in total. The molecule has 2 unspecified atom stereocenters. The van der Waals surface area contributed by atoms with E-state index in [0.717, 1.165) is 12.8 Å². The SMILES string of the molecule is CC1CCC(NC(=O)C(C)C(C)N)(C(=O)O)CC1. The van der Waals surface area contributed by atoms with Gasteiger partial charge in [-0.2, -0.15) is 0 Å². The number of nitrogens with two attached hydrogens (primary N) is 1. The highest BCUT2D eigenvalue weighted by atomic mass is 16.4. The minimum Gasteiger partial charge on any atom is -0.480 e. The van der Waals surface area contributed by atoms with Gasteiger partial charge in [-0.05, 0) is 38.5 Å². The minimum absolute atomic E-state index is 0.262. The van der Waals surface area contributed by atoms with E-state index in [1.165, 1.54) is 0 Å². The third kappa shape index (κ3) is 3.22. The van der Waals surface area contributed by atoms with Crippen molar-refractivity contribution >= 4 is 11.9 Å². The first-order valence-corrected chi connectivity index (χ1v) is 6.59. The summed E-state index contributed by atoms with van der Waals surface area (Å²) in [7, 11) is 0. The molecular formula is C13H24N2O3. The molecule has 0 aromatic heterocycles. The zero-order valence-corrected chi connectivity index (χ0v) is 11.4. The Morgan fingerprint density at radius 3 is 2.22 bits per heavy atom. The number of aliphatic carboxylic acids is 1. The minimum atomic E-state index is -1.09. The lowest BCUT2D eigenvalue weighted by Crippen LogP contribution is -2.58. The van der Waals surface area contributed by atoms with E-state index >= 15 is 0 Å². The molecule has 0 radical (unpaired) electrons. The second kappa shape index (κ2) is 5.69. The van der Waals surface area contributed by atoms with Crippen LogP contribution in [0.1, 0.15) is 46.5 Å². The Hall–Kier alpha value is -1.10. The van der Waals surface area contributed by atoms with Crippen LogP contribution in [0.2, 0.25) is 0 Å². The predicted octanol–water partition coefficient (Wildman–Crippen LogP) is 1.12. The third-order valence-corrected chi connectivity index (χ3v) is 4.10. The van der Waals surface area contributed by atoms with Gasteiger partial charge in [0.15, 0.2) is 0 Å². The second-order valence-corrected chi connectivity index (χ2v) is 5.71. The molecule has 1 saturated carbocycles. The predicted molar refractivity (Wildman–Crippen MR) is 69.0 cm³/mol. The summed E-state index contributed by atoms with van der Waals surface area (Å²) >= 11 is 0. The Morgan fingerprint density at radius 2 is 1.83 bits per heavy atom. The highest BCUT2D eigenvalue weighted by Gasteiger charge is 2.43. The molecule has 5 nitrogen and oxygen atoms in total. The van der Waals surface area contributed by atoms with E-state index in [4.69, 9.17) is 5.73 Å². The first-order valence-electron chi connectivity index (χ1n) is 6.59. The van der Waals surface area contributed by atoms with Gasteiger partial charge >= 0.3 is 5.97 Å². The lowest BCUT2D eigenvalue weighted by atomic mass is 9.76. The van der Waals surface area contributed by atoms with Crippen LogP contribution >= 0.6 is 0 Å². The molecule has 0 bridgehead atoms. The van der Waals surface area contributed by atoms with Gasteiger partial charge in [0.2, 0.25) is 5.91 Å². The lowest BCUT2D eigenvalue weighted by molar-refractivity contribution is -0.150. The van der Waals surface area contributed by atoms with E-state index in [0.29, 0.717) is 18.8 Å². The average Bonchev–Trinajstić information content (AvgIpc) is 2.30. The standard InChI is InChI=1S/C13H24N2O3/c1-8-4-6-13(7-5-8,12(17)18)15-11(16)9(2)10(3)14/h8-10H,4-7,14H2,1-3H3,(H,15,16)(H,17,18). The number of hydrogen-bond acceptors (Lipinski definition) is 3. The molecule has 2 atom stereocenters. The van der Waals surface area contributed by atoms with Gasteiger partial charge in [-0.1, -0.05) is 13.8 Å². The first-order chi connectivity index (χ1) is 8.28. The van der Waals surface area contributed by atoms with Crippen molar-refractivity contribution in [3.05, 3.63) is 0 Å². The van der Waals surface area contributed by atoms with Crippen molar-refractivity contribution in [1.29, 1.82) is 0 Å². The van der Waals surface area contributed by atoms with Gasteiger partial charge < -0.3 is 16.2 Å². The molecule has 0 heterocycles. The quantitative estimate of drug-likeness (QED) is 0.702. The summed E-state index contributed by atoms with van der Waals surface area (Å²) in [4.78, 5) is 23.5. The Kier molecular flexibility index (Phi) is 4.73. The van der Waals surface area contributed by atoms with Crippen molar-refractivity contribution in [3.63, 3.8) is 0 Å². The summed E-state index contributed by atoms with van der Waals surface area (Å²) in [5.41, 5.74) is 4.58. The van der Waals surface area contributed by atoms with E-state index in [1.54, 1.807) is 13.8 Å². The molecule has 0 aromatic carbocycles. The van der Waals surface area contributed by atoms with Crippen molar-refractivity contribution in [2.24, 2.45) is 17.6 Å². The summed E-state index contributed by atoms with van der Waals surface area (Å²) < 4.78 is 0.